The smallest absolute Gasteiger partial charge is 0.229 e. The zero-order chi connectivity index (χ0) is 28.9. The normalized spacial score (nSPS) is 14.8. The predicted molar refractivity (Wildman–Crippen MR) is 166 cm³/mol. The van der Waals surface area contributed by atoms with Gasteiger partial charge in [0.2, 0.25) is 10.0 Å². The summed E-state index contributed by atoms with van der Waals surface area (Å²) in [6.07, 6.45) is 4.57. The monoisotopic (exact) mass is 591 g/mol. The van der Waals surface area contributed by atoms with Crippen LogP contribution in [0.1, 0.15) is 38.7 Å². The highest BCUT2D eigenvalue weighted by molar-refractivity contribution is 7.92. The molecule has 41 heavy (non-hydrogen) atoms. The Morgan fingerprint density at radius 3 is 2.34 bits per heavy atom. The molecule has 216 valence electrons. The van der Waals surface area contributed by atoms with Crippen LogP contribution in [0.4, 0.5) is 11.4 Å². The number of hydrogen-bond donors (Lipinski definition) is 1. The summed E-state index contributed by atoms with van der Waals surface area (Å²) in [7, 11) is -3.34. The summed E-state index contributed by atoms with van der Waals surface area (Å²) in [5, 5.41) is 2.13. The molecule has 9 heteroatoms. The second-order valence-electron chi connectivity index (χ2n) is 11.0. The first-order chi connectivity index (χ1) is 19.7. The molecular formula is C32H37N3O4S2. The van der Waals surface area contributed by atoms with Crippen molar-refractivity contribution in [2.75, 3.05) is 17.6 Å². The number of anilines is 1. The number of benzene rings is 3. The molecule has 0 bridgehead atoms. The summed E-state index contributed by atoms with van der Waals surface area (Å²) in [5.74, 6) is 0.828. The minimum absolute atomic E-state index is 0.116. The van der Waals surface area contributed by atoms with Crippen LogP contribution in [0.2, 0.25) is 0 Å². The highest BCUT2D eigenvalue weighted by atomic mass is 32.2. The van der Waals surface area contributed by atoms with Gasteiger partial charge in [-0.25, -0.2) is 13.4 Å². The van der Waals surface area contributed by atoms with Crippen molar-refractivity contribution in [1.82, 2.24) is 4.57 Å². The van der Waals surface area contributed by atoms with E-state index in [1.165, 1.54) is 5.56 Å². The Bertz CT molecular complexity index is 1600. The zero-order valence-electron chi connectivity index (χ0n) is 23.7. The van der Waals surface area contributed by atoms with E-state index in [0.717, 1.165) is 59.6 Å². The molecule has 4 aromatic rings. The van der Waals surface area contributed by atoms with Crippen molar-refractivity contribution in [3.63, 3.8) is 0 Å². The topological polar surface area (TPSA) is 81.9 Å². The van der Waals surface area contributed by atoms with Crippen molar-refractivity contribution in [3.8, 4) is 17.0 Å². The Morgan fingerprint density at radius 1 is 1.00 bits per heavy atom. The van der Waals surface area contributed by atoms with Gasteiger partial charge in [-0.3, -0.25) is 4.72 Å². The van der Waals surface area contributed by atoms with E-state index in [2.05, 4.69) is 26.8 Å². The van der Waals surface area contributed by atoms with Crippen LogP contribution in [-0.2, 0) is 27.9 Å². The average Bonchev–Trinajstić information content (AvgIpc) is 3.60. The minimum Gasteiger partial charge on any atom is -0.491 e. The van der Waals surface area contributed by atoms with E-state index in [1.54, 1.807) is 23.5 Å². The molecule has 1 aromatic heterocycles. The van der Waals surface area contributed by atoms with Gasteiger partial charge in [0.1, 0.15) is 5.75 Å². The van der Waals surface area contributed by atoms with Gasteiger partial charge >= 0.3 is 0 Å². The lowest BCUT2D eigenvalue weighted by Gasteiger charge is -2.19. The maximum Gasteiger partial charge on any atom is 0.229 e. The number of aromatic nitrogens is 1. The first-order valence-electron chi connectivity index (χ1n) is 13.9. The highest BCUT2D eigenvalue weighted by Crippen LogP contribution is 2.50. The van der Waals surface area contributed by atoms with Crippen LogP contribution < -0.4 is 14.3 Å². The fourth-order valence-electron chi connectivity index (χ4n) is 4.76. The summed E-state index contributed by atoms with van der Waals surface area (Å²) >= 11 is 1.61. The molecule has 0 aliphatic heterocycles. The second-order valence-corrected chi connectivity index (χ2v) is 13.6. The molecular weight excluding hydrogens is 555 g/mol. The maximum absolute atomic E-state index is 11.7. The Hall–Kier alpha value is -3.40. The Kier molecular flexibility index (Phi) is 8.97. The fraction of sp³-hybridized carbons (Fsp3) is 0.344. The standard InChI is InChI=1S/C32H37N3O4S2/c1-24(2)39-29-15-13-27(14-16-29)33-31-35(23-32(17-18-32)19-20-38-21-25-7-5-4-6-8-25)30(22-40-31)26-9-11-28(12-10-26)34-41(3,36)37/h4-16,22,24,34H,17-21,23H2,1-3H3. The quantitative estimate of drug-likeness (QED) is 0.170. The largest absolute Gasteiger partial charge is 0.491 e. The van der Waals surface area contributed by atoms with Crippen molar-refractivity contribution >= 4 is 32.7 Å². The molecule has 1 saturated carbocycles. The summed E-state index contributed by atoms with van der Waals surface area (Å²) in [4.78, 5) is 5.95. The van der Waals surface area contributed by atoms with E-state index in [4.69, 9.17) is 14.5 Å². The van der Waals surface area contributed by atoms with E-state index < -0.39 is 10.0 Å². The molecule has 7 nitrogen and oxygen atoms in total. The number of nitrogens with zero attached hydrogens (tertiary/aromatic N) is 2. The number of thiazole rings is 1. The summed E-state index contributed by atoms with van der Waals surface area (Å²) in [6.45, 7) is 6.21. The molecule has 1 fully saturated rings. The van der Waals surface area contributed by atoms with Gasteiger partial charge < -0.3 is 14.0 Å². The van der Waals surface area contributed by atoms with Crippen molar-refractivity contribution in [1.29, 1.82) is 0 Å². The first kappa shape index (κ1) is 29.1. The van der Waals surface area contributed by atoms with Crippen LogP contribution in [0.15, 0.2) is 89.2 Å². The van der Waals surface area contributed by atoms with Gasteiger partial charge in [0.25, 0.3) is 0 Å². The summed E-state index contributed by atoms with van der Waals surface area (Å²) < 4.78 is 40.0. The highest BCUT2D eigenvalue weighted by Gasteiger charge is 2.43. The molecule has 0 amide bonds. The molecule has 0 saturated heterocycles. The van der Waals surface area contributed by atoms with Crippen molar-refractivity contribution in [3.05, 3.63) is 94.6 Å². The Morgan fingerprint density at radius 2 is 1.71 bits per heavy atom. The number of nitrogens with one attached hydrogen (secondary N) is 1. The first-order valence-corrected chi connectivity index (χ1v) is 16.6. The van der Waals surface area contributed by atoms with Gasteiger partial charge in [0.15, 0.2) is 4.80 Å². The van der Waals surface area contributed by atoms with Gasteiger partial charge in [-0.1, -0.05) is 42.5 Å². The lowest BCUT2D eigenvalue weighted by atomic mass is 10.0. The molecule has 1 heterocycles. The van der Waals surface area contributed by atoms with Gasteiger partial charge in [-0.2, -0.15) is 0 Å². The molecule has 1 aliphatic carbocycles. The number of ether oxygens (including phenoxy) is 2. The van der Waals surface area contributed by atoms with Gasteiger partial charge in [-0.15, -0.1) is 11.3 Å². The van der Waals surface area contributed by atoms with Crippen LogP contribution >= 0.6 is 11.3 Å². The molecule has 1 N–H and O–H groups in total. The van der Waals surface area contributed by atoms with Crippen molar-refractivity contribution in [2.24, 2.45) is 10.4 Å². The summed E-state index contributed by atoms with van der Waals surface area (Å²) in [6, 6.07) is 25.7. The molecule has 0 spiro atoms. The van der Waals surface area contributed by atoms with Crippen LogP contribution in [-0.4, -0.2) is 32.0 Å². The SMILES string of the molecule is CC(C)Oc1ccc(N=c2scc(-c3ccc(NS(C)(=O)=O)cc3)n2CC2(CCOCc3ccccc3)CC2)cc1. The van der Waals surface area contributed by atoms with Crippen LogP contribution in [0.25, 0.3) is 11.3 Å². The number of sulfonamides is 1. The van der Waals surface area contributed by atoms with E-state index in [1.807, 2.05) is 68.4 Å². The minimum atomic E-state index is -3.34. The van der Waals surface area contributed by atoms with E-state index in [0.29, 0.717) is 18.9 Å². The van der Waals surface area contributed by atoms with Gasteiger partial charge in [0, 0.05) is 24.2 Å². The molecule has 1 aliphatic rings. The third-order valence-corrected chi connectivity index (χ3v) is 8.52. The predicted octanol–water partition coefficient (Wildman–Crippen LogP) is 6.99. The number of rotatable bonds is 13. The molecule has 3 aromatic carbocycles. The fourth-order valence-corrected chi connectivity index (χ4v) is 6.25. The van der Waals surface area contributed by atoms with Crippen LogP contribution in [0, 0.1) is 5.41 Å². The average molecular weight is 592 g/mol. The Balaban J connectivity index is 1.39. The van der Waals surface area contributed by atoms with Crippen LogP contribution in [0.5, 0.6) is 5.75 Å². The molecule has 5 rings (SSSR count). The lowest BCUT2D eigenvalue weighted by molar-refractivity contribution is 0.101. The van der Waals surface area contributed by atoms with Crippen molar-refractivity contribution < 1.29 is 17.9 Å². The zero-order valence-corrected chi connectivity index (χ0v) is 25.4. The van der Waals surface area contributed by atoms with Gasteiger partial charge in [0.05, 0.1) is 30.3 Å². The van der Waals surface area contributed by atoms with E-state index in [-0.39, 0.29) is 11.5 Å². The molecule has 0 radical (unpaired) electrons. The second kappa shape index (κ2) is 12.6. The van der Waals surface area contributed by atoms with E-state index >= 15 is 0 Å². The number of hydrogen-bond acceptors (Lipinski definition) is 6. The van der Waals surface area contributed by atoms with Crippen LogP contribution in [0.3, 0.4) is 0 Å². The third-order valence-electron chi connectivity index (χ3n) is 7.05. The Labute approximate surface area is 246 Å². The summed E-state index contributed by atoms with van der Waals surface area (Å²) in [5.41, 5.74) is 4.85. The lowest BCUT2D eigenvalue weighted by Crippen LogP contribution is -2.23. The third kappa shape index (κ3) is 8.31. The molecule has 0 atom stereocenters. The van der Waals surface area contributed by atoms with Gasteiger partial charge in [-0.05, 0) is 86.1 Å². The maximum atomic E-state index is 11.7. The van der Waals surface area contributed by atoms with Crippen molar-refractivity contribution in [2.45, 2.75) is 52.4 Å². The molecule has 0 unspecified atom stereocenters. The van der Waals surface area contributed by atoms with E-state index in [9.17, 15) is 8.42 Å².